The molecule has 0 aliphatic carbocycles. The Morgan fingerprint density at radius 3 is 1.63 bits per heavy atom. The van der Waals surface area contributed by atoms with Gasteiger partial charge in [0.2, 0.25) is 0 Å². The first-order valence-electron chi connectivity index (χ1n) is 19.4. The predicted molar refractivity (Wildman–Crippen MR) is 250 cm³/mol. The summed E-state index contributed by atoms with van der Waals surface area (Å²) in [4.78, 5) is 2.53. The van der Waals surface area contributed by atoms with Gasteiger partial charge in [0, 0.05) is 46.4 Å². The van der Waals surface area contributed by atoms with Gasteiger partial charge in [-0.2, -0.15) is 0 Å². The summed E-state index contributed by atoms with van der Waals surface area (Å²) in [5, 5.41) is 12.7. The van der Waals surface area contributed by atoms with Crippen LogP contribution in [0, 0.1) is 0 Å². The zero-order valence-electron chi connectivity index (χ0n) is 30.8. The van der Waals surface area contributed by atoms with E-state index >= 15 is 0 Å². The summed E-state index contributed by atoms with van der Waals surface area (Å²) < 4.78 is 5.23. The Bertz CT molecular complexity index is 3540. The SMILES string of the molecule is c1ccc(-c2ccc(N(c3ccc(-c4ccc5sc6ccc7ccccc7c6c5c4)c4ccccc34)c3cccc4c3sc3ccccc34)c3ccccc23)cc1. The third kappa shape index (κ3) is 5.06. The molecule has 0 spiro atoms. The summed E-state index contributed by atoms with van der Waals surface area (Å²) in [5.41, 5.74) is 8.42. The average Bonchev–Trinajstić information content (AvgIpc) is 3.86. The first-order chi connectivity index (χ1) is 28.3. The largest absolute Gasteiger partial charge is 0.308 e. The highest BCUT2D eigenvalue weighted by Gasteiger charge is 2.23. The van der Waals surface area contributed by atoms with Crippen molar-refractivity contribution in [2.75, 3.05) is 4.90 Å². The van der Waals surface area contributed by atoms with Crippen LogP contribution in [0.2, 0.25) is 0 Å². The molecule has 1 nitrogen and oxygen atoms in total. The Morgan fingerprint density at radius 2 is 0.877 bits per heavy atom. The summed E-state index contributed by atoms with van der Waals surface area (Å²) in [6.07, 6.45) is 0. The Kier molecular flexibility index (Phi) is 7.34. The molecule has 0 saturated heterocycles. The second-order valence-electron chi connectivity index (χ2n) is 14.8. The van der Waals surface area contributed by atoms with E-state index in [1.165, 1.54) is 101 Å². The molecule has 0 saturated carbocycles. The van der Waals surface area contributed by atoms with E-state index in [2.05, 4.69) is 205 Å². The van der Waals surface area contributed by atoms with E-state index in [0.29, 0.717) is 0 Å². The molecule has 0 N–H and O–H groups in total. The molecule has 266 valence electrons. The number of hydrogen-bond acceptors (Lipinski definition) is 3. The van der Waals surface area contributed by atoms with Gasteiger partial charge < -0.3 is 4.90 Å². The predicted octanol–water partition coefficient (Wildman–Crippen LogP) is 16.7. The van der Waals surface area contributed by atoms with E-state index in [1.807, 2.05) is 22.7 Å². The van der Waals surface area contributed by atoms with Crippen LogP contribution < -0.4 is 4.90 Å². The lowest BCUT2D eigenvalue weighted by Gasteiger charge is -2.29. The third-order valence-electron chi connectivity index (χ3n) is 11.7. The van der Waals surface area contributed by atoms with Gasteiger partial charge in [0.05, 0.1) is 21.8 Å². The smallest absolute Gasteiger partial charge is 0.0640 e. The molecule has 2 heterocycles. The van der Waals surface area contributed by atoms with E-state index in [1.54, 1.807) is 0 Å². The molecule has 3 heteroatoms. The highest BCUT2D eigenvalue weighted by Crippen LogP contribution is 2.50. The van der Waals surface area contributed by atoms with Crippen molar-refractivity contribution in [1.29, 1.82) is 0 Å². The fourth-order valence-electron chi connectivity index (χ4n) is 9.09. The van der Waals surface area contributed by atoms with E-state index < -0.39 is 0 Å². The standard InChI is InChI=1S/C54H33NS2/c1-2-13-34(14-3-1)37-27-29-47(42-19-8-6-17-40(37)42)55(49-23-12-22-45-44-21-10-11-24-50(44)57-54(45)49)48-30-28-38(41-18-7-9-20-43(41)48)36-26-31-51-46(33-36)53-39-16-5-4-15-35(39)25-32-52(53)56-51/h1-33H. The normalized spacial score (nSPS) is 11.9. The van der Waals surface area contributed by atoms with Crippen LogP contribution in [0.4, 0.5) is 17.1 Å². The molecule has 0 radical (unpaired) electrons. The van der Waals surface area contributed by atoms with Crippen LogP contribution in [0.5, 0.6) is 0 Å². The van der Waals surface area contributed by atoms with Crippen molar-refractivity contribution >= 4 is 112 Å². The Hall–Kier alpha value is -6.78. The number of fused-ring (bicyclic) bond motifs is 10. The second-order valence-corrected chi connectivity index (χ2v) is 16.9. The molecule has 0 aliphatic rings. The Labute approximate surface area is 337 Å². The van der Waals surface area contributed by atoms with Crippen LogP contribution in [-0.4, -0.2) is 0 Å². The molecule has 12 aromatic rings. The van der Waals surface area contributed by atoms with E-state index in [4.69, 9.17) is 0 Å². The number of thiophene rings is 2. The monoisotopic (exact) mass is 759 g/mol. The highest BCUT2D eigenvalue weighted by molar-refractivity contribution is 7.26. The third-order valence-corrected chi connectivity index (χ3v) is 14.0. The molecule has 10 aromatic carbocycles. The van der Waals surface area contributed by atoms with Gasteiger partial charge in [-0.05, 0) is 86.3 Å². The maximum absolute atomic E-state index is 2.53. The van der Waals surface area contributed by atoms with Crippen LogP contribution in [-0.2, 0) is 0 Å². The van der Waals surface area contributed by atoms with Crippen LogP contribution in [0.1, 0.15) is 0 Å². The minimum atomic E-state index is 1.16. The summed E-state index contributed by atoms with van der Waals surface area (Å²) in [6, 6.07) is 74.0. The summed E-state index contributed by atoms with van der Waals surface area (Å²) in [5.74, 6) is 0. The van der Waals surface area contributed by atoms with Crippen LogP contribution in [0.25, 0.3) is 94.9 Å². The molecule has 0 fully saturated rings. The van der Waals surface area contributed by atoms with E-state index in [9.17, 15) is 0 Å². The fourth-order valence-corrected chi connectivity index (χ4v) is 11.4. The zero-order chi connectivity index (χ0) is 37.5. The lowest BCUT2D eigenvalue weighted by molar-refractivity contribution is 1.33. The van der Waals surface area contributed by atoms with Crippen LogP contribution in [0.3, 0.4) is 0 Å². The van der Waals surface area contributed by atoms with Gasteiger partial charge in [0.15, 0.2) is 0 Å². The summed E-state index contributed by atoms with van der Waals surface area (Å²) >= 11 is 3.76. The summed E-state index contributed by atoms with van der Waals surface area (Å²) in [6.45, 7) is 0. The van der Waals surface area contributed by atoms with Crippen molar-refractivity contribution in [3.8, 4) is 22.3 Å². The first kappa shape index (κ1) is 32.5. The van der Waals surface area contributed by atoms with Crippen molar-refractivity contribution < 1.29 is 0 Å². The number of nitrogens with zero attached hydrogens (tertiary/aromatic N) is 1. The molecule has 0 unspecified atom stereocenters. The van der Waals surface area contributed by atoms with Crippen molar-refractivity contribution in [2.24, 2.45) is 0 Å². The van der Waals surface area contributed by atoms with Gasteiger partial charge >= 0.3 is 0 Å². The zero-order valence-corrected chi connectivity index (χ0v) is 32.4. The van der Waals surface area contributed by atoms with Gasteiger partial charge in [-0.15, -0.1) is 22.7 Å². The van der Waals surface area contributed by atoms with Gasteiger partial charge in [-0.1, -0.05) is 158 Å². The molecule has 0 aliphatic heterocycles. The lowest BCUT2D eigenvalue weighted by Crippen LogP contribution is -2.11. The van der Waals surface area contributed by atoms with Crippen molar-refractivity contribution in [1.82, 2.24) is 0 Å². The number of benzene rings is 10. The van der Waals surface area contributed by atoms with Gasteiger partial charge in [-0.25, -0.2) is 0 Å². The van der Waals surface area contributed by atoms with Crippen LogP contribution >= 0.6 is 22.7 Å². The number of anilines is 3. The van der Waals surface area contributed by atoms with Gasteiger partial charge in [0.1, 0.15) is 0 Å². The summed E-state index contributed by atoms with van der Waals surface area (Å²) in [7, 11) is 0. The average molecular weight is 760 g/mol. The highest BCUT2D eigenvalue weighted by atomic mass is 32.1. The Balaban J connectivity index is 1.12. The minimum Gasteiger partial charge on any atom is -0.308 e. The van der Waals surface area contributed by atoms with Crippen molar-refractivity contribution in [3.05, 3.63) is 200 Å². The maximum atomic E-state index is 2.53. The minimum absolute atomic E-state index is 1.16. The molecule has 12 rings (SSSR count). The van der Waals surface area contributed by atoms with Crippen molar-refractivity contribution in [3.63, 3.8) is 0 Å². The number of rotatable bonds is 5. The molecule has 57 heavy (non-hydrogen) atoms. The number of hydrogen-bond donors (Lipinski definition) is 0. The topological polar surface area (TPSA) is 3.24 Å². The van der Waals surface area contributed by atoms with E-state index in [-0.39, 0.29) is 0 Å². The molecule has 0 bridgehead atoms. The van der Waals surface area contributed by atoms with Crippen LogP contribution in [0.15, 0.2) is 200 Å². The molecule has 0 amide bonds. The van der Waals surface area contributed by atoms with Gasteiger partial charge in [0.25, 0.3) is 0 Å². The second kappa shape index (κ2) is 12.9. The van der Waals surface area contributed by atoms with Crippen molar-refractivity contribution in [2.45, 2.75) is 0 Å². The first-order valence-corrected chi connectivity index (χ1v) is 21.1. The lowest BCUT2D eigenvalue weighted by atomic mass is 9.93. The Morgan fingerprint density at radius 1 is 0.298 bits per heavy atom. The maximum Gasteiger partial charge on any atom is 0.0640 e. The fraction of sp³-hybridized carbons (Fsp3) is 0. The molecular weight excluding hydrogens is 727 g/mol. The van der Waals surface area contributed by atoms with E-state index in [0.717, 1.165) is 11.4 Å². The quantitative estimate of drug-likeness (QED) is 0.169. The van der Waals surface area contributed by atoms with Gasteiger partial charge in [-0.3, -0.25) is 0 Å². The molecule has 2 aromatic heterocycles. The molecule has 0 atom stereocenters. The molecular formula is C54H33NS2.